The molecule has 150 valence electrons. The number of ether oxygens (including phenoxy) is 1. The average molecular weight is 412 g/mol. The molecule has 0 saturated carbocycles. The monoisotopic (exact) mass is 411 g/mol. The molecule has 2 aliphatic heterocycles. The van der Waals surface area contributed by atoms with E-state index in [2.05, 4.69) is 33.0 Å². The number of nitrogens with zero attached hydrogens (tertiary/aromatic N) is 3. The van der Waals surface area contributed by atoms with Gasteiger partial charge in [0.25, 0.3) is 0 Å². The van der Waals surface area contributed by atoms with Crippen molar-refractivity contribution in [3.05, 3.63) is 54.7 Å². The topological polar surface area (TPSA) is 41.7 Å². The Bertz CT molecular complexity index is 986. The zero-order valence-corrected chi connectivity index (χ0v) is 16.8. The number of hydrogen-bond acceptors (Lipinski definition) is 6. The van der Waals surface area contributed by atoms with Crippen LogP contribution in [0, 0.1) is 5.82 Å². The van der Waals surface area contributed by atoms with E-state index in [0.29, 0.717) is 5.76 Å². The van der Waals surface area contributed by atoms with Gasteiger partial charge in [-0.25, -0.2) is 9.37 Å². The molecule has 0 aliphatic carbocycles. The molecule has 7 heteroatoms. The van der Waals surface area contributed by atoms with Gasteiger partial charge in [-0.1, -0.05) is 0 Å². The molecule has 1 saturated heterocycles. The molecular weight excluding hydrogens is 389 g/mol. The summed E-state index contributed by atoms with van der Waals surface area (Å²) in [5.74, 6) is 1.42. The van der Waals surface area contributed by atoms with E-state index >= 15 is 0 Å². The Morgan fingerprint density at radius 2 is 1.79 bits per heavy atom. The first-order valence-corrected chi connectivity index (χ1v) is 10.8. The second kappa shape index (κ2) is 8.18. The summed E-state index contributed by atoms with van der Waals surface area (Å²) in [6.07, 6.45) is 1.45. The number of fused-ring (bicyclic) bond motifs is 1. The predicted octanol–water partition coefficient (Wildman–Crippen LogP) is 4.35. The smallest absolute Gasteiger partial charge is 0.182 e. The number of benzene rings is 2. The van der Waals surface area contributed by atoms with Crippen molar-refractivity contribution in [2.24, 2.45) is 0 Å². The molecule has 29 heavy (non-hydrogen) atoms. The molecule has 3 aromatic rings. The van der Waals surface area contributed by atoms with Gasteiger partial charge < -0.3 is 14.1 Å². The highest BCUT2D eigenvalue weighted by Crippen LogP contribution is 2.42. The second-order valence-electron chi connectivity index (χ2n) is 7.21. The molecule has 5 rings (SSSR count). The van der Waals surface area contributed by atoms with E-state index in [-0.39, 0.29) is 5.82 Å². The Labute approximate surface area is 173 Å². The van der Waals surface area contributed by atoms with E-state index in [0.717, 1.165) is 62.1 Å². The third-order valence-electron chi connectivity index (χ3n) is 5.41. The maximum absolute atomic E-state index is 13.3. The lowest BCUT2D eigenvalue weighted by Gasteiger charge is -2.29. The first-order chi connectivity index (χ1) is 14.3. The quantitative estimate of drug-likeness (QED) is 0.622. The van der Waals surface area contributed by atoms with E-state index in [1.165, 1.54) is 29.1 Å². The van der Waals surface area contributed by atoms with Crippen molar-refractivity contribution in [3.63, 3.8) is 0 Å². The third-order valence-corrected chi connectivity index (χ3v) is 6.49. The van der Waals surface area contributed by atoms with Gasteiger partial charge in [-0.15, -0.1) is 11.8 Å². The summed E-state index contributed by atoms with van der Waals surface area (Å²) >= 11 is 1.85. The van der Waals surface area contributed by atoms with Gasteiger partial charge in [0.15, 0.2) is 12.2 Å². The molecule has 5 nitrogen and oxygen atoms in total. The van der Waals surface area contributed by atoms with Crippen LogP contribution in [0.4, 0.5) is 10.1 Å². The summed E-state index contributed by atoms with van der Waals surface area (Å²) in [5, 5.41) is 0. The van der Waals surface area contributed by atoms with Crippen molar-refractivity contribution < 1.29 is 13.5 Å². The standard InChI is InChI=1S/C22H22FN3O2S/c23-18-4-1-16(2-5-18)21-22(28-14-24-21)17-3-6-19-20(13-17)29-15-26(19)8-7-25-9-11-27-12-10-25/h1-6,13-14H,7-12,15H2. The maximum atomic E-state index is 13.3. The molecular formula is C22H22FN3O2S. The van der Waals surface area contributed by atoms with Crippen molar-refractivity contribution in [1.29, 1.82) is 0 Å². The molecule has 1 aromatic heterocycles. The largest absolute Gasteiger partial charge is 0.443 e. The first-order valence-electron chi connectivity index (χ1n) is 9.79. The summed E-state index contributed by atoms with van der Waals surface area (Å²) < 4.78 is 24.4. The minimum atomic E-state index is -0.259. The van der Waals surface area contributed by atoms with Crippen LogP contribution < -0.4 is 4.90 Å². The highest BCUT2D eigenvalue weighted by atomic mass is 32.2. The van der Waals surface area contributed by atoms with E-state index < -0.39 is 0 Å². The van der Waals surface area contributed by atoms with Crippen LogP contribution in [-0.4, -0.2) is 55.2 Å². The van der Waals surface area contributed by atoms with Gasteiger partial charge in [-0.05, 0) is 42.5 Å². The van der Waals surface area contributed by atoms with Crippen LogP contribution >= 0.6 is 11.8 Å². The Balaban J connectivity index is 1.34. The fourth-order valence-electron chi connectivity index (χ4n) is 3.79. The number of hydrogen-bond donors (Lipinski definition) is 0. The van der Waals surface area contributed by atoms with Crippen LogP contribution in [0.3, 0.4) is 0 Å². The van der Waals surface area contributed by atoms with Crippen LogP contribution in [0.5, 0.6) is 0 Å². The SMILES string of the molecule is Fc1ccc(-c2ncoc2-c2ccc3c(c2)SCN3CCN2CCOCC2)cc1. The van der Waals surface area contributed by atoms with Crippen molar-refractivity contribution in [2.75, 3.05) is 50.2 Å². The van der Waals surface area contributed by atoms with Crippen molar-refractivity contribution in [3.8, 4) is 22.6 Å². The highest BCUT2D eigenvalue weighted by Gasteiger charge is 2.23. The summed E-state index contributed by atoms with van der Waals surface area (Å²) in [6, 6.07) is 12.8. The number of morpholine rings is 1. The molecule has 0 atom stereocenters. The lowest BCUT2D eigenvalue weighted by molar-refractivity contribution is 0.0392. The van der Waals surface area contributed by atoms with Gasteiger partial charge in [0.05, 0.1) is 24.8 Å². The molecule has 0 radical (unpaired) electrons. The number of oxazole rings is 1. The Kier molecular flexibility index (Phi) is 5.26. The van der Waals surface area contributed by atoms with Gasteiger partial charge >= 0.3 is 0 Å². The van der Waals surface area contributed by atoms with Crippen molar-refractivity contribution in [2.45, 2.75) is 4.90 Å². The number of halogens is 1. The molecule has 2 aromatic carbocycles. The molecule has 2 aliphatic rings. The van der Waals surface area contributed by atoms with Gasteiger partial charge in [0.1, 0.15) is 11.5 Å². The summed E-state index contributed by atoms with van der Waals surface area (Å²) in [4.78, 5) is 10.5. The lowest BCUT2D eigenvalue weighted by atomic mass is 10.1. The Morgan fingerprint density at radius 3 is 2.62 bits per heavy atom. The van der Waals surface area contributed by atoms with E-state index in [4.69, 9.17) is 9.15 Å². The van der Waals surface area contributed by atoms with Crippen LogP contribution in [0.1, 0.15) is 0 Å². The minimum absolute atomic E-state index is 0.259. The summed E-state index contributed by atoms with van der Waals surface area (Å²) in [6.45, 7) is 5.78. The fraction of sp³-hybridized carbons (Fsp3) is 0.318. The molecule has 0 unspecified atom stereocenters. The van der Waals surface area contributed by atoms with Crippen LogP contribution in [-0.2, 0) is 4.74 Å². The van der Waals surface area contributed by atoms with Gasteiger partial charge in [-0.3, -0.25) is 4.90 Å². The predicted molar refractivity (Wildman–Crippen MR) is 113 cm³/mol. The number of anilines is 1. The Hall–Kier alpha value is -2.35. The van der Waals surface area contributed by atoms with E-state index in [9.17, 15) is 4.39 Å². The number of rotatable bonds is 5. The molecule has 0 bridgehead atoms. The van der Waals surface area contributed by atoms with Crippen molar-refractivity contribution >= 4 is 17.4 Å². The summed E-state index contributed by atoms with van der Waals surface area (Å²) in [5.41, 5.74) is 3.84. The number of thioether (sulfide) groups is 1. The van der Waals surface area contributed by atoms with Gasteiger partial charge in [0, 0.05) is 42.2 Å². The molecule has 0 N–H and O–H groups in total. The second-order valence-corrected chi connectivity index (χ2v) is 8.20. The first kappa shape index (κ1) is 18.7. The highest BCUT2D eigenvalue weighted by molar-refractivity contribution is 7.99. The molecule has 1 fully saturated rings. The van der Waals surface area contributed by atoms with Crippen LogP contribution in [0.2, 0.25) is 0 Å². The number of aromatic nitrogens is 1. The van der Waals surface area contributed by atoms with E-state index in [1.54, 1.807) is 12.1 Å². The third kappa shape index (κ3) is 3.90. The Morgan fingerprint density at radius 1 is 1.00 bits per heavy atom. The minimum Gasteiger partial charge on any atom is -0.443 e. The fourth-order valence-corrected chi connectivity index (χ4v) is 4.90. The lowest BCUT2D eigenvalue weighted by Crippen LogP contribution is -2.41. The van der Waals surface area contributed by atoms with Crippen LogP contribution in [0.15, 0.2) is 58.2 Å². The van der Waals surface area contributed by atoms with Crippen LogP contribution in [0.25, 0.3) is 22.6 Å². The molecule has 0 amide bonds. The maximum Gasteiger partial charge on any atom is 0.182 e. The van der Waals surface area contributed by atoms with Gasteiger partial charge in [0.2, 0.25) is 0 Å². The zero-order valence-electron chi connectivity index (χ0n) is 16.0. The van der Waals surface area contributed by atoms with Crippen molar-refractivity contribution in [1.82, 2.24) is 9.88 Å². The average Bonchev–Trinajstić information content (AvgIpc) is 3.40. The molecule has 3 heterocycles. The van der Waals surface area contributed by atoms with E-state index in [1.807, 2.05) is 11.8 Å². The molecule has 0 spiro atoms. The zero-order chi connectivity index (χ0) is 19.6. The normalized spacial score (nSPS) is 16.9. The van der Waals surface area contributed by atoms with Gasteiger partial charge in [-0.2, -0.15) is 0 Å². The summed E-state index contributed by atoms with van der Waals surface area (Å²) in [7, 11) is 0.